The van der Waals surface area contributed by atoms with E-state index in [1.165, 1.54) is 12.8 Å². The summed E-state index contributed by atoms with van der Waals surface area (Å²) < 4.78 is 10.5. The van der Waals surface area contributed by atoms with Gasteiger partial charge in [-0.1, -0.05) is 12.8 Å². The van der Waals surface area contributed by atoms with E-state index in [9.17, 15) is 5.11 Å². The molecule has 1 aromatic carbocycles. The molecule has 1 atom stereocenters. The Balaban J connectivity index is 2.23. The average Bonchev–Trinajstić information content (AvgIpc) is 2.91. The minimum atomic E-state index is -0.418. The molecular weight excluding hydrogens is 216 g/mol. The van der Waals surface area contributed by atoms with E-state index in [1.807, 2.05) is 18.2 Å². The minimum Gasteiger partial charge on any atom is -0.497 e. The SMILES string of the molecule is COc1ccc(C(O)C2CCCC2)c(OC)c1. The fourth-order valence-electron chi connectivity index (χ4n) is 2.59. The van der Waals surface area contributed by atoms with Crippen LogP contribution >= 0.6 is 0 Å². The molecule has 1 saturated carbocycles. The second kappa shape index (κ2) is 5.41. The Morgan fingerprint density at radius 1 is 1.18 bits per heavy atom. The van der Waals surface area contributed by atoms with Gasteiger partial charge in [0.15, 0.2) is 0 Å². The van der Waals surface area contributed by atoms with Gasteiger partial charge in [0.25, 0.3) is 0 Å². The van der Waals surface area contributed by atoms with Gasteiger partial charge < -0.3 is 14.6 Å². The summed E-state index contributed by atoms with van der Waals surface area (Å²) >= 11 is 0. The van der Waals surface area contributed by atoms with Gasteiger partial charge >= 0.3 is 0 Å². The zero-order chi connectivity index (χ0) is 12.3. The number of rotatable bonds is 4. The Hall–Kier alpha value is -1.22. The highest BCUT2D eigenvalue weighted by Crippen LogP contribution is 2.39. The van der Waals surface area contributed by atoms with Crippen LogP contribution in [0.1, 0.15) is 37.4 Å². The number of aliphatic hydroxyl groups excluding tert-OH is 1. The van der Waals surface area contributed by atoms with Crippen LogP contribution in [0.15, 0.2) is 18.2 Å². The van der Waals surface area contributed by atoms with Crippen molar-refractivity contribution in [2.45, 2.75) is 31.8 Å². The van der Waals surface area contributed by atoms with E-state index < -0.39 is 6.10 Å². The van der Waals surface area contributed by atoms with Gasteiger partial charge in [-0.25, -0.2) is 0 Å². The predicted octanol–water partition coefficient (Wildman–Crippen LogP) is 2.93. The quantitative estimate of drug-likeness (QED) is 0.873. The minimum absolute atomic E-state index is 0.372. The van der Waals surface area contributed by atoms with Crippen LogP contribution in [0.25, 0.3) is 0 Å². The second-order valence-electron chi connectivity index (χ2n) is 4.60. The van der Waals surface area contributed by atoms with Gasteiger partial charge in [0, 0.05) is 11.6 Å². The van der Waals surface area contributed by atoms with Crippen LogP contribution in [-0.4, -0.2) is 19.3 Å². The average molecular weight is 236 g/mol. The molecule has 3 heteroatoms. The molecule has 0 saturated heterocycles. The molecule has 17 heavy (non-hydrogen) atoms. The summed E-state index contributed by atoms with van der Waals surface area (Å²) in [5, 5.41) is 10.4. The van der Waals surface area contributed by atoms with Gasteiger partial charge in [0.1, 0.15) is 11.5 Å². The van der Waals surface area contributed by atoms with E-state index in [2.05, 4.69) is 0 Å². The molecule has 0 spiro atoms. The Morgan fingerprint density at radius 2 is 1.88 bits per heavy atom. The van der Waals surface area contributed by atoms with Crippen LogP contribution in [-0.2, 0) is 0 Å². The van der Waals surface area contributed by atoms with Crippen LogP contribution in [0.3, 0.4) is 0 Å². The van der Waals surface area contributed by atoms with Crippen molar-refractivity contribution in [1.29, 1.82) is 0 Å². The highest BCUT2D eigenvalue weighted by molar-refractivity contribution is 5.42. The van der Waals surface area contributed by atoms with Crippen molar-refractivity contribution >= 4 is 0 Å². The van der Waals surface area contributed by atoms with E-state index >= 15 is 0 Å². The summed E-state index contributed by atoms with van der Waals surface area (Å²) in [5.74, 6) is 1.84. The highest BCUT2D eigenvalue weighted by Gasteiger charge is 2.26. The lowest BCUT2D eigenvalue weighted by atomic mass is 9.94. The predicted molar refractivity (Wildman–Crippen MR) is 66.5 cm³/mol. The van der Waals surface area contributed by atoms with Gasteiger partial charge in [-0.15, -0.1) is 0 Å². The normalized spacial score (nSPS) is 18.1. The monoisotopic (exact) mass is 236 g/mol. The maximum atomic E-state index is 10.4. The molecule has 94 valence electrons. The molecular formula is C14H20O3. The van der Waals surface area contributed by atoms with Crippen LogP contribution < -0.4 is 9.47 Å². The Labute approximate surface area is 102 Å². The molecule has 3 nitrogen and oxygen atoms in total. The van der Waals surface area contributed by atoms with Crippen molar-refractivity contribution in [2.75, 3.05) is 14.2 Å². The molecule has 1 aromatic rings. The molecule has 1 fully saturated rings. The summed E-state index contributed by atoms with van der Waals surface area (Å²) in [5.41, 5.74) is 0.875. The zero-order valence-corrected chi connectivity index (χ0v) is 10.5. The number of methoxy groups -OCH3 is 2. The Kier molecular flexibility index (Phi) is 3.89. The second-order valence-corrected chi connectivity index (χ2v) is 4.60. The third-order valence-electron chi connectivity index (χ3n) is 3.61. The molecule has 0 amide bonds. The van der Waals surface area contributed by atoms with Crippen molar-refractivity contribution in [2.24, 2.45) is 5.92 Å². The largest absolute Gasteiger partial charge is 0.497 e. The van der Waals surface area contributed by atoms with E-state index in [1.54, 1.807) is 14.2 Å². The van der Waals surface area contributed by atoms with Gasteiger partial charge in [0.2, 0.25) is 0 Å². The summed E-state index contributed by atoms with van der Waals surface area (Å²) in [6, 6.07) is 5.60. The van der Waals surface area contributed by atoms with E-state index in [0.29, 0.717) is 11.7 Å². The van der Waals surface area contributed by atoms with Gasteiger partial charge in [-0.2, -0.15) is 0 Å². The molecule has 0 aliphatic heterocycles. The smallest absolute Gasteiger partial charge is 0.128 e. The Morgan fingerprint density at radius 3 is 2.47 bits per heavy atom. The maximum Gasteiger partial charge on any atom is 0.128 e. The third kappa shape index (κ3) is 2.55. The van der Waals surface area contributed by atoms with Gasteiger partial charge in [-0.3, -0.25) is 0 Å². The van der Waals surface area contributed by atoms with Crippen LogP contribution in [0.2, 0.25) is 0 Å². The molecule has 1 aliphatic carbocycles. The molecule has 0 bridgehead atoms. The van der Waals surface area contributed by atoms with Crippen molar-refractivity contribution in [3.8, 4) is 11.5 Å². The van der Waals surface area contributed by atoms with Crippen LogP contribution in [0.4, 0.5) is 0 Å². The zero-order valence-electron chi connectivity index (χ0n) is 10.5. The van der Waals surface area contributed by atoms with Crippen molar-refractivity contribution in [3.05, 3.63) is 23.8 Å². The fourth-order valence-corrected chi connectivity index (χ4v) is 2.59. The lowest BCUT2D eigenvalue weighted by molar-refractivity contribution is 0.108. The van der Waals surface area contributed by atoms with Crippen LogP contribution in [0.5, 0.6) is 11.5 Å². The van der Waals surface area contributed by atoms with E-state index in [0.717, 1.165) is 24.2 Å². The molecule has 0 heterocycles. The third-order valence-corrected chi connectivity index (χ3v) is 3.61. The molecule has 0 aromatic heterocycles. The highest BCUT2D eigenvalue weighted by atomic mass is 16.5. The number of ether oxygens (including phenoxy) is 2. The lowest BCUT2D eigenvalue weighted by Gasteiger charge is -2.20. The molecule has 1 unspecified atom stereocenters. The van der Waals surface area contributed by atoms with E-state index in [4.69, 9.17) is 9.47 Å². The Bertz CT molecular complexity index is 370. The van der Waals surface area contributed by atoms with Crippen molar-refractivity contribution < 1.29 is 14.6 Å². The van der Waals surface area contributed by atoms with Crippen molar-refractivity contribution in [3.63, 3.8) is 0 Å². The van der Waals surface area contributed by atoms with Gasteiger partial charge in [0.05, 0.1) is 20.3 Å². The fraction of sp³-hybridized carbons (Fsp3) is 0.571. The first kappa shape index (κ1) is 12.2. The molecule has 0 radical (unpaired) electrons. The number of hydrogen-bond donors (Lipinski definition) is 1. The summed E-state index contributed by atoms with van der Waals surface area (Å²) in [6.45, 7) is 0. The molecule has 1 N–H and O–H groups in total. The van der Waals surface area contributed by atoms with Crippen molar-refractivity contribution in [1.82, 2.24) is 0 Å². The summed E-state index contributed by atoms with van der Waals surface area (Å²) in [4.78, 5) is 0. The lowest BCUT2D eigenvalue weighted by Crippen LogP contribution is -2.10. The first-order chi connectivity index (χ1) is 8.26. The standard InChI is InChI=1S/C14H20O3/c1-16-11-7-8-12(13(9-11)17-2)14(15)10-5-3-4-6-10/h7-10,14-15H,3-6H2,1-2H3. The number of hydrogen-bond acceptors (Lipinski definition) is 3. The first-order valence-corrected chi connectivity index (χ1v) is 6.16. The summed E-state index contributed by atoms with van der Waals surface area (Å²) in [7, 11) is 3.25. The van der Waals surface area contributed by atoms with Gasteiger partial charge in [-0.05, 0) is 30.9 Å². The number of aliphatic hydroxyl groups is 1. The summed E-state index contributed by atoms with van der Waals surface area (Å²) in [6.07, 6.45) is 4.24. The topological polar surface area (TPSA) is 38.7 Å². The van der Waals surface area contributed by atoms with E-state index in [-0.39, 0.29) is 0 Å². The maximum absolute atomic E-state index is 10.4. The number of benzene rings is 1. The molecule has 2 rings (SSSR count). The molecule has 1 aliphatic rings. The first-order valence-electron chi connectivity index (χ1n) is 6.16. The van der Waals surface area contributed by atoms with Crippen LogP contribution in [0, 0.1) is 5.92 Å².